The molecule has 0 unspecified atom stereocenters. The molecule has 0 heterocycles. The third-order valence-corrected chi connectivity index (χ3v) is 2.93. The summed E-state index contributed by atoms with van der Waals surface area (Å²) in [6, 6.07) is 4.63. The summed E-state index contributed by atoms with van der Waals surface area (Å²) < 4.78 is 1.98. The average molecular weight is 218 g/mol. The number of rotatable bonds is 2. The van der Waals surface area contributed by atoms with Gasteiger partial charge in [-0.25, -0.2) is 4.58 Å². The molecule has 1 rings (SSSR count). The molecule has 0 fully saturated rings. The number of benzene rings is 1. The summed E-state index contributed by atoms with van der Waals surface area (Å²) in [6.07, 6.45) is 0. The first-order chi connectivity index (χ1) is 7.21. The lowest BCUT2D eigenvalue weighted by atomic mass is 9.82. The molecule has 0 spiro atoms. The minimum atomic E-state index is 0.215. The van der Waals surface area contributed by atoms with Crippen molar-refractivity contribution in [3.63, 3.8) is 0 Å². The predicted octanol–water partition coefficient (Wildman–Crippen LogP) is 3.44. The Balaban J connectivity index is 3.27. The summed E-state index contributed by atoms with van der Waals surface area (Å²) in [4.78, 5) is 0. The van der Waals surface area contributed by atoms with Crippen LogP contribution in [0.3, 0.4) is 0 Å². The zero-order chi connectivity index (χ0) is 12.5. The van der Waals surface area contributed by atoms with Crippen LogP contribution in [0.1, 0.15) is 43.0 Å². The van der Waals surface area contributed by atoms with Crippen molar-refractivity contribution in [3.05, 3.63) is 34.4 Å². The highest BCUT2D eigenvalue weighted by atomic mass is 14.9. The van der Waals surface area contributed by atoms with E-state index in [0.717, 1.165) is 6.54 Å². The van der Waals surface area contributed by atoms with Gasteiger partial charge in [-0.05, 0) is 42.0 Å². The molecular formula is C15H24N+. The SMILES string of the molecule is C=[N+](C)Cc1cc(C(C)(C)C)c(C)cc1C. The normalized spacial score (nSPS) is 11.6. The number of hydrogen-bond acceptors (Lipinski definition) is 0. The molecule has 0 saturated carbocycles. The molecular weight excluding hydrogens is 194 g/mol. The molecule has 0 amide bonds. The van der Waals surface area contributed by atoms with Crippen LogP contribution in [0.15, 0.2) is 12.1 Å². The highest BCUT2D eigenvalue weighted by molar-refractivity contribution is 5.40. The molecule has 88 valence electrons. The lowest BCUT2D eigenvalue weighted by Crippen LogP contribution is -2.15. The lowest BCUT2D eigenvalue weighted by molar-refractivity contribution is -0.505. The molecule has 16 heavy (non-hydrogen) atoms. The van der Waals surface area contributed by atoms with E-state index in [2.05, 4.69) is 53.5 Å². The van der Waals surface area contributed by atoms with Crippen molar-refractivity contribution in [3.8, 4) is 0 Å². The van der Waals surface area contributed by atoms with Crippen LogP contribution in [-0.4, -0.2) is 18.3 Å². The van der Waals surface area contributed by atoms with E-state index in [4.69, 9.17) is 0 Å². The quantitative estimate of drug-likeness (QED) is 0.528. The molecule has 0 aromatic heterocycles. The van der Waals surface area contributed by atoms with Crippen LogP contribution in [0.4, 0.5) is 0 Å². The second-order valence-electron chi connectivity index (χ2n) is 5.86. The Kier molecular flexibility index (Phi) is 3.57. The van der Waals surface area contributed by atoms with Crippen molar-refractivity contribution >= 4 is 6.72 Å². The first-order valence-electron chi connectivity index (χ1n) is 5.84. The van der Waals surface area contributed by atoms with E-state index in [1.165, 1.54) is 22.3 Å². The Hall–Kier alpha value is -1.11. The van der Waals surface area contributed by atoms with Crippen LogP contribution in [0.5, 0.6) is 0 Å². The Morgan fingerprint density at radius 1 is 1.12 bits per heavy atom. The van der Waals surface area contributed by atoms with Crippen molar-refractivity contribution in [2.75, 3.05) is 7.05 Å². The molecule has 0 radical (unpaired) electrons. The van der Waals surface area contributed by atoms with Crippen molar-refractivity contribution in [2.45, 2.75) is 46.6 Å². The Morgan fingerprint density at radius 3 is 2.12 bits per heavy atom. The van der Waals surface area contributed by atoms with Crippen LogP contribution in [-0.2, 0) is 12.0 Å². The summed E-state index contributed by atoms with van der Waals surface area (Å²) in [5.41, 5.74) is 5.79. The van der Waals surface area contributed by atoms with E-state index in [9.17, 15) is 0 Å². The highest BCUT2D eigenvalue weighted by Gasteiger charge is 2.18. The first kappa shape index (κ1) is 13.0. The summed E-state index contributed by atoms with van der Waals surface area (Å²) in [5.74, 6) is 0. The fourth-order valence-electron chi connectivity index (χ4n) is 2.17. The maximum Gasteiger partial charge on any atom is 0.167 e. The second kappa shape index (κ2) is 4.40. The standard InChI is InChI=1S/C15H24N/c1-11-8-12(2)14(15(3,4)5)9-13(11)10-16(6)7/h8-9H,6,10H2,1-5,7H3/q+1. The Labute approximate surface area is 99.8 Å². The number of aryl methyl sites for hydroxylation is 2. The van der Waals surface area contributed by atoms with Crippen molar-refractivity contribution in [1.29, 1.82) is 0 Å². The van der Waals surface area contributed by atoms with Gasteiger partial charge in [0, 0.05) is 5.56 Å². The van der Waals surface area contributed by atoms with Crippen LogP contribution in [0, 0.1) is 13.8 Å². The van der Waals surface area contributed by atoms with Crippen molar-refractivity contribution in [1.82, 2.24) is 0 Å². The minimum absolute atomic E-state index is 0.215. The van der Waals surface area contributed by atoms with E-state index >= 15 is 0 Å². The fourth-order valence-corrected chi connectivity index (χ4v) is 2.17. The molecule has 0 bridgehead atoms. The van der Waals surface area contributed by atoms with Crippen LogP contribution in [0.25, 0.3) is 0 Å². The summed E-state index contributed by atoms with van der Waals surface area (Å²) in [5, 5.41) is 0. The van der Waals surface area contributed by atoms with Gasteiger partial charge in [0.05, 0.1) is 0 Å². The maximum atomic E-state index is 3.92. The van der Waals surface area contributed by atoms with Gasteiger partial charge in [-0.2, -0.15) is 0 Å². The van der Waals surface area contributed by atoms with E-state index in [0.29, 0.717) is 0 Å². The molecule has 0 aliphatic carbocycles. The molecule has 0 aliphatic rings. The van der Waals surface area contributed by atoms with E-state index < -0.39 is 0 Å². The maximum absolute atomic E-state index is 3.92. The van der Waals surface area contributed by atoms with Gasteiger partial charge in [-0.15, -0.1) is 0 Å². The van der Waals surface area contributed by atoms with Gasteiger partial charge < -0.3 is 0 Å². The van der Waals surface area contributed by atoms with Gasteiger partial charge >= 0.3 is 0 Å². The van der Waals surface area contributed by atoms with Crippen LogP contribution < -0.4 is 0 Å². The molecule has 1 aromatic rings. The first-order valence-corrected chi connectivity index (χ1v) is 5.84. The van der Waals surface area contributed by atoms with Gasteiger partial charge in [-0.3, -0.25) is 0 Å². The van der Waals surface area contributed by atoms with E-state index in [-0.39, 0.29) is 5.41 Å². The fraction of sp³-hybridized carbons (Fsp3) is 0.533. The van der Waals surface area contributed by atoms with E-state index in [1.54, 1.807) is 0 Å². The van der Waals surface area contributed by atoms with Crippen LogP contribution >= 0.6 is 0 Å². The molecule has 1 heteroatoms. The monoisotopic (exact) mass is 218 g/mol. The molecule has 0 saturated heterocycles. The molecule has 0 atom stereocenters. The van der Waals surface area contributed by atoms with Gasteiger partial charge in [0.25, 0.3) is 0 Å². The molecule has 0 N–H and O–H groups in total. The highest BCUT2D eigenvalue weighted by Crippen LogP contribution is 2.28. The van der Waals surface area contributed by atoms with Crippen molar-refractivity contribution in [2.24, 2.45) is 0 Å². The zero-order valence-corrected chi connectivity index (χ0v) is 11.5. The van der Waals surface area contributed by atoms with Crippen LogP contribution in [0.2, 0.25) is 0 Å². The smallest absolute Gasteiger partial charge is 0.167 e. The third kappa shape index (κ3) is 2.94. The van der Waals surface area contributed by atoms with E-state index in [1.807, 2.05) is 11.6 Å². The van der Waals surface area contributed by atoms with Gasteiger partial charge in [0.1, 0.15) is 13.8 Å². The summed E-state index contributed by atoms with van der Waals surface area (Å²) in [6.45, 7) is 16.0. The summed E-state index contributed by atoms with van der Waals surface area (Å²) in [7, 11) is 2.01. The topological polar surface area (TPSA) is 3.01 Å². The molecule has 1 nitrogen and oxygen atoms in total. The Morgan fingerprint density at radius 2 is 1.69 bits per heavy atom. The Bertz CT molecular complexity index is 408. The van der Waals surface area contributed by atoms with Gasteiger partial charge in [0.15, 0.2) is 6.54 Å². The largest absolute Gasteiger partial charge is 0.241 e. The number of nitrogens with zero attached hydrogens (tertiary/aromatic N) is 1. The average Bonchev–Trinajstić information content (AvgIpc) is 2.06. The van der Waals surface area contributed by atoms with Crippen molar-refractivity contribution < 1.29 is 4.58 Å². The lowest BCUT2D eigenvalue weighted by Gasteiger charge is -2.23. The van der Waals surface area contributed by atoms with Gasteiger partial charge in [-0.1, -0.05) is 26.8 Å². The summed E-state index contributed by atoms with van der Waals surface area (Å²) >= 11 is 0. The zero-order valence-electron chi connectivity index (χ0n) is 11.5. The second-order valence-corrected chi connectivity index (χ2v) is 5.86. The molecule has 1 aromatic carbocycles. The minimum Gasteiger partial charge on any atom is -0.241 e. The predicted molar refractivity (Wildman–Crippen MR) is 71.6 cm³/mol. The van der Waals surface area contributed by atoms with Gasteiger partial charge in [0.2, 0.25) is 0 Å². The third-order valence-electron chi connectivity index (χ3n) is 2.93. The molecule has 0 aliphatic heterocycles. The number of hydrogen-bond donors (Lipinski definition) is 0.